The number of carbonyl (C=O) groups is 2. The molecule has 2 aromatic carbocycles. The first kappa shape index (κ1) is 21.0. The van der Waals surface area contributed by atoms with E-state index in [1.165, 1.54) is 42.1 Å². The molecule has 3 aromatic rings. The molecule has 0 unspecified atom stereocenters. The Morgan fingerprint density at radius 2 is 1.84 bits per heavy atom. The van der Waals surface area contributed by atoms with E-state index < -0.39 is 17.6 Å². The molecule has 0 saturated carbocycles. The van der Waals surface area contributed by atoms with Gasteiger partial charge in [-0.2, -0.15) is 13.2 Å². The molecule has 1 aromatic heterocycles. The second kappa shape index (κ2) is 8.50. The summed E-state index contributed by atoms with van der Waals surface area (Å²) in [7, 11) is 0. The smallest absolute Gasteiger partial charge is 0.418 e. The second-order valence-corrected chi connectivity index (χ2v) is 7.95. The van der Waals surface area contributed by atoms with E-state index in [4.69, 9.17) is 4.42 Å². The van der Waals surface area contributed by atoms with Gasteiger partial charge in [-0.05, 0) is 42.0 Å². The fourth-order valence-electron chi connectivity index (χ4n) is 3.30. The molecule has 1 atom stereocenters. The largest absolute Gasteiger partial charge is 0.467 e. The van der Waals surface area contributed by atoms with Gasteiger partial charge in [-0.3, -0.25) is 9.59 Å². The average Bonchev–Trinajstić information content (AvgIpc) is 3.38. The highest BCUT2D eigenvalue weighted by Gasteiger charge is 2.34. The van der Waals surface area contributed by atoms with E-state index >= 15 is 0 Å². The van der Waals surface area contributed by atoms with Crippen molar-refractivity contribution in [3.63, 3.8) is 0 Å². The van der Waals surface area contributed by atoms with E-state index in [1.54, 1.807) is 35.4 Å². The van der Waals surface area contributed by atoms with Gasteiger partial charge in [0.05, 0.1) is 29.8 Å². The molecule has 0 aliphatic carbocycles. The van der Waals surface area contributed by atoms with Gasteiger partial charge in [0.1, 0.15) is 11.1 Å². The fraction of sp³-hybridized carbons (Fsp3) is 0.182. The molecule has 0 spiro atoms. The lowest BCUT2D eigenvalue weighted by atomic mass is 10.1. The van der Waals surface area contributed by atoms with Crippen LogP contribution in [-0.2, 0) is 17.5 Å². The Morgan fingerprint density at radius 3 is 2.52 bits per heavy atom. The molecule has 9 heteroatoms. The van der Waals surface area contributed by atoms with Crippen molar-refractivity contribution in [2.45, 2.75) is 18.1 Å². The van der Waals surface area contributed by atoms with E-state index in [2.05, 4.69) is 5.32 Å². The van der Waals surface area contributed by atoms with Crippen LogP contribution in [0.15, 0.2) is 71.3 Å². The molecule has 2 amide bonds. The van der Waals surface area contributed by atoms with Crippen LogP contribution in [-0.4, -0.2) is 22.5 Å². The maximum absolute atomic E-state index is 13.1. The predicted octanol–water partition coefficient (Wildman–Crippen LogP) is 5.32. The Labute approximate surface area is 180 Å². The van der Waals surface area contributed by atoms with Crippen molar-refractivity contribution >= 4 is 29.3 Å². The molecule has 1 saturated heterocycles. The van der Waals surface area contributed by atoms with Gasteiger partial charge in [0.25, 0.3) is 5.91 Å². The number of rotatable bonds is 5. The van der Waals surface area contributed by atoms with Gasteiger partial charge in [-0.25, -0.2) is 0 Å². The molecule has 0 bridgehead atoms. The summed E-state index contributed by atoms with van der Waals surface area (Å²) < 4.78 is 44.7. The number of thioether (sulfide) groups is 1. The molecule has 0 radical (unpaired) electrons. The van der Waals surface area contributed by atoms with E-state index in [9.17, 15) is 22.8 Å². The summed E-state index contributed by atoms with van der Waals surface area (Å²) in [6.45, 7) is 0.333. The first-order chi connectivity index (χ1) is 14.8. The quantitative estimate of drug-likeness (QED) is 0.576. The lowest BCUT2D eigenvalue weighted by molar-refractivity contribution is -0.137. The van der Waals surface area contributed by atoms with Crippen LogP contribution >= 0.6 is 11.8 Å². The summed E-state index contributed by atoms with van der Waals surface area (Å²) in [5.41, 5.74) is -0.178. The van der Waals surface area contributed by atoms with Crippen molar-refractivity contribution < 1.29 is 27.2 Å². The second-order valence-electron chi connectivity index (χ2n) is 6.88. The van der Waals surface area contributed by atoms with Crippen LogP contribution in [0.4, 0.5) is 18.9 Å². The zero-order valence-corrected chi connectivity index (χ0v) is 16.9. The third-order valence-electron chi connectivity index (χ3n) is 4.81. The zero-order valence-electron chi connectivity index (χ0n) is 16.1. The van der Waals surface area contributed by atoms with Crippen molar-refractivity contribution in [2.24, 2.45) is 0 Å². The van der Waals surface area contributed by atoms with Gasteiger partial charge in [-0.1, -0.05) is 24.3 Å². The lowest BCUT2D eigenvalue weighted by Gasteiger charge is -2.23. The van der Waals surface area contributed by atoms with Crippen LogP contribution in [0, 0.1) is 0 Å². The van der Waals surface area contributed by atoms with Crippen molar-refractivity contribution in [3.05, 3.63) is 89.4 Å². The third kappa shape index (κ3) is 4.61. The maximum atomic E-state index is 13.1. The van der Waals surface area contributed by atoms with Crippen molar-refractivity contribution in [3.8, 4) is 0 Å². The minimum atomic E-state index is -4.57. The standard InChI is InChI=1S/C22H17F3N2O3S/c23-22(24,25)17-5-1-2-6-18(17)26-20(29)14-7-9-15(10-8-14)21-27(19(28)13-31-21)12-16-4-3-11-30-16/h1-11,21H,12-13H2,(H,26,29)/t21-/m0/s1. The molecule has 2 heterocycles. The Bertz CT molecular complexity index is 1080. The number of nitrogens with zero attached hydrogens (tertiary/aromatic N) is 1. The predicted molar refractivity (Wildman–Crippen MR) is 110 cm³/mol. The highest BCUT2D eigenvalue weighted by atomic mass is 32.2. The molecule has 1 fully saturated rings. The number of alkyl halides is 3. The SMILES string of the molecule is O=C(Nc1ccccc1C(F)(F)F)c1ccc([C@@H]2SCC(=O)N2Cc2ccco2)cc1. The summed E-state index contributed by atoms with van der Waals surface area (Å²) in [6, 6.07) is 14.8. The van der Waals surface area contributed by atoms with Gasteiger partial charge < -0.3 is 14.6 Å². The van der Waals surface area contributed by atoms with E-state index in [0.29, 0.717) is 18.1 Å². The fourth-order valence-corrected chi connectivity index (χ4v) is 4.49. The number of nitrogens with one attached hydrogen (secondary N) is 1. The molecule has 1 aliphatic heterocycles. The number of hydrogen-bond acceptors (Lipinski definition) is 4. The van der Waals surface area contributed by atoms with Crippen molar-refractivity contribution in [2.75, 3.05) is 11.1 Å². The van der Waals surface area contributed by atoms with Gasteiger partial charge >= 0.3 is 6.18 Å². The highest BCUT2D eigenvalue weighted by Crippen LogP contribution is 2.40. The average molecular weight is 446 g/mol. The maximum Gasteiger partial charge on any atom is 0.418 e. The normalized spacial score (nSPS) is 16.5. The number of halogens is 3. The number of furan rings is 1. The van der Waals surface area contributed by atoms with Gasteiger partial charge in [0, 0.05) is 5.56 Å². The Balaban J connectivity index is 1.49. The van der Waals surface area contributed by atoms with Gasteiger partial charge in [-0.15, -0.1) is 11.8 Å². The van der Waals surface area contributed by atoms with E-state index in [1.807, 2.05) is 0 Å². The van der Waals surface area contributed by atoms with Crippen LogP contribution in [0.1, 0.15) is 32.6 Å². The van der Waals surface area contributed by atoms with E-state index in [-0.39, 0.29) is 22.5 Å². The summed E-state index contributed by atoms with van der Waals surface area (Å²) in [6.07, 6.45) is -3.03. The molecular formula is C22H17F3N2O3S. The first-order valence-corrected chi connectivity index (χ1v) is 10.4. The summed E-state index contributed by atoms with van der Waals surface area (Å²) >= 11 is 1.46. The Hall–Kier alpha value is -3.20. The number of carbonyl (C=O) groups excluding carboxylic acids is 2. The molecule has 1 aliphatic rings. The van der Waals surface area contributed by atoms with Crippen LogP contribution in [0.5, 0.6) is 0 Å². The molecule has 31 heavy (non-hydrogen) atoms. The van der Waals surface area contributed by atoms with Crippen LogP contribution in [0.2, 0.25) is 0 Å². The monoisotopic (exact) mass is 446 g/mol. The molecule has 5 nitrogen and oxygen atoms in total. The van der Waals surface area contributed by atoms with E-state index in [0.717, 1.165) is 11.6 Å². The zero-order chi connectivity index (χ0) is 22.0. The Morgan fingerprint density at radius 1 is 1.10 bits per heavy atom. The molecule has 4 rings (SSSR count). The minimum absolute atomic E-state index is 0.0167. The number of anilines is 1. The minimum Gasteiger partial charge on any atom is -0.467 e. The molecule has 1 N–H and O–H groups in total. The van der Waals surface area contributed by atoms with Crippen LogP contribution in [0.3, 0.4) is 0 Å². The van der Waals surface area contributed by atoms with Crippen LogP contribution < -0.4 is 5.32 Å². The summed E-state index contributed by atoms with van der Waals surface area (Å²) in [4.78, 5) is 26.5. The summed E-state index contributed by atoms with van der Waals surface area (Å²) in [5.74, 6) is 0.338. The van der Waals surface area contributed by atoms with Gasteiger partial charge in [0.15, 0.2) is 0 Å². The van der Waals surface area contributed by atoms with Crippen LogP contribution in [0.25, 0.3) is 0 Å². The van der Waals surface area contributed by atoms with Gasteiger partial charge in [0.2, 0.25) is 5.91 Å². The number of amides is 2. The lowest BCUT2D eigenvalue weighted by Crippen LogP contribution is -2.27. The first-order valence-electron chi connectivity index (χ1n) is 9.34. The number of hydrogen-bond donors (Lipinski definition) is 1. The Kier molecular flexibility index (Phi) is 5.77. The number of para-hydroxylation sites is 1. The number of benzene rings is 2. The van der Waals surface area contributed by atoms with Crippen molar-refractivity contribution in [1.29, 1.82) is 0 Å². The molecule has 160 valence electrons. The summed E-state index contributed by atoms with van der Waals surface area (Å²) in [5, 5.41) is 2.09. The topological polar surface area (TPSA) is 62.6 Å². The highest BCUT2D eigenvalue weighted by molar-refractivity contribution is 8.00. The third-order valence-corrected chi connectivity index (χ3v) is 6.07. The van der Waals surface area contributed by atoms with Crippen molar-refractivity contribution in [1.82, 2.24) is 4.90 Å². The molecular weight excluding hydrogens is 429 g/mol.